The number of rotatable bonds is 5. The predicted molar refractivity (Wildman–Crippen MR) is 70.0 cm³/mol. The number of aliphatic hydroxyl groups excluding tert-OH is 1. The Balaban J connectivity index is 1.80. The monoisotopic (exact) mass is 248 g/mol. The van der Waals surface area contributed by atoms with E-state index < -0.39 is 6.10 Å². The van der Waals surface area contributed by atoms with Gasteiger partial charge in [0.05, 0.1) is 11.8 Å². The van der Waals surface area contributed by atoms with E-state index in [1.54, 1.807) is 11.3 Å². The van der Waals surface area contributed by atoms with Gasteiger partial charge in [0.1, 0.15) is 0 Å². The molecule has 0 fully saturated rings. The molecule has 1 unspecified atom stereocenters. The van der Waals surface area contributed by atoms with Crippen LogP contribution in [0.3, 0.4) is 0 Å². The third-order valence-electron chi connectivity index (χ3n) is 2.52. The van der Waals surface area contributed by atoms with E-state index in [2.05, 4.69) is 10.3 Å². The first-order valence-electron chi connectivity index (χ1n) is 5.59. The van der Waals surface area contributed by atoms with Crippen LogP contribution in [0, 0.1) is 6.92 Å². The Morgan fingerprint density at radius 1 is 1.41 bits per heavy atom. The van der Waals surface area contributed by atoms with Crippen LogP contribution in [0.5, 0.6) is 0 Å². The highest BCUT2D eigenvalue weighted by molar-refractivity contribution is 7.07. The summed E-state index contributed by atoms with van der Waals surface area (Å²) in [4.78, 5) is 4.39. The molecule has 0 aliphatic rings. The second kappa shape index (κ2) is 5.91. The van der Waals surface area contributed by atoms with Crippen molar-refractivity contribution in [3.63, 3.8) is 0 Å². The molecule has 4 heteroatoms. The van der Waals surface area contributed by atoms with Crippen molar-refractivity contribution in [1.82, 2.24) is 10.3 Å². The average Bonchev–Trinajstić information content (AvgIpc) is 2.82. The number of nitrogens with one attached hydrogen (secondary N) is 1. The molecule has 0 radical (unpaired) electrons. The van der Waals surface area contributed by atoms with Crippen LogP contribution in [-0.2, 0) is 6.54 Å². The van der Waals surface area contributed by atoms with Gasteiger partial charge in [-0.2, -0.15) is 11.3 Å². The summed E-state index contributed by atoms with van der Waals surface area (Å²) in [7, 11) is 0. The van der Waals surface area contributed by atoms with E-state index >= 15 is 0 Å². The third kappa shape index (κ3) is 3.63. The minimum absolute atomic E-state index is 0.439. The van der Waals surface area contributed by atoms with E-state index in [4.69, 9.17) is 0 Å². The lowest BCUT2D eigenvalue weighted by Gasteiger charge is -2.10. The summed E-state index contributed by atoms with van der Waals surface area (Å²) in [5.74, 6) is 0. The zero-order valence-electron chi connectivity index (χ0n) is 9.76. The van der Waals surface area contributed by atoms with Gasteiger partial charge in [0.25, 0.3) is 0 Å². The van der Waals surface area contributed by atoms with Crippen molar-refractivity contribution < 1.29 is 5.11 Å². The molecule has 90 valence electrons. The van der Waals surface area contributed by atoms with Crippen LogP contribution in [-0.4, -0.2) is 16.6 Å². The molecule has 2 aromatic rings. The van der Waals surface area contributed by atoms with E-state index in [0.29, 0.717) is 13.1 Å². The summed E-state index contributed by atoms with van der Waals surface area (Å²) in [6.07, 6.45) is -0.439. The van der Waals surface area contributed by atoms with E-state index in [0.717, 1.165) is 17.0 Å². The highest BCUT2D eigenvalue weighted by atomic mass is 32.1. The van der Waals surface area contributed by atoms with Crippen LogP contribution >= 0.6 is 11.3 Å². The molecule has 0 spiro atoms. The van der Waals surface area contributed by atoms with Crippen LogP contribution in [0.1, 0.15) is 23.1 Å². The minimum atomic E-state index is -0.439. The fourth-order valence-electron chi connectivity index (χ4n) is 1.62. The van der Waals surface area contributed by atoms with Crippen LogP contribution in [0.15, 0.2) is 35.0 Å². The molecular formula is C13H16N2OS. The lowest BCUT2D eigenvalue weighted by molar-refractivity contribution is 0.174. The number of hydrogen-bond donors (Lipinski definition) is 2. The standard InChI is InChI=1S/C13H16N2OS/c1-10-3-2-4-12(15-10)7-14-8-13(16)11-5-6-17-9-11/h2-6,9,13-14,16H,7-8H2,1H3. The van der Waals surface area contributed by atoms with Crippen molar-refractivity contribution in [1.29, 1.82) is 0 Å². The van der Waals surface area contributed by atoms with Crippen molar-refractivity contribution in [2.24, 2.45) is 0 Å². The van der Waals surface area contributed by atoms with Gasteiger partial charge in [0, 0.05) is 18.8 Å². The van der Waals surface area contributed by atoms with Crippen molar-refractivity contribution >= 4 is 11.3 Å². The maximum atomic E-state index is 9.87. The highest BCUT2D eigenvalue weighted by Gasteiger charge is 2.06. The van der Waals surface area contributed by atoms with Gasteiger partial charge in [-0.1, -0.05) is 6.07 Å². The maximum Gasteiger partial charge on any atom is 0.0922 e. The number of nitrogens with zero attached hydrogens (tertiary/aromatic N) is 1. The van der Waals surface area contributed by atoms with E-state index in [9.17, 15) is 5.11 Å². The van der Waals surface area contributed by atoms with E-state index in [1.807, 2.05) is 41.9 Å². The largest absolute Gasteiger partial charge is 0.387 e. The molecule has 0 saturated heterocycles. The predicted octanol–water partition coefficient (Wildman–Crippen LogP) is 2.27. The Kier molecular flexibility index (Phi) is 4.25. The van der Waals surface area contributed by atoms with Crippen molar-refractivity contribution in [3.05, 3.63) is 52.0 Å². The normalized spacial score (nSPS) is 12.6. The van der Waals surface area contributed by atoms with Gasteiger partial charge < -0.3 is 10.4 Å². The maximum absolute atomic E-state index is 9.87. The van der Waals surface area contributed by atoms with Crippen molar-refractivity contribution in [2.75, 3.05) is 6.54 Å². The average molecular weight is 248 g/mol. The molecule has 0 aliphatic heterocycles. The van der Waals surface area contributed by atoms with Crippen molar-refractivity contribution in [3.8, 4) is 0 Å². The van der Waals surface area contributed by atoms with Crippen LogP contribution in [0.2, 0.25) is 0 Å². The number of hydrogen-bond acceptors (Lipinski definition) is 4. The van der Waals surface area contributed by atoms with Gasteiger partial charge in [-0.05, 0) is 41.4 Å². The number of aromatic nitrogens is 1. The van der Waals surface area contributed by atoms with Gasteiger partial charge in [0.15, 0.2) is 0 Å². The molecule has 2 aromatic heterocycles. The molecule has 2 rings (SSSR count). The number of pyridine rings is 1. The van der Waals surface area contributed by atoms with Crippen LogP contribution in [0.4, 0.5) is 0 Å². The number of thiophene rings is 1. The molecule has 0 bridgehead atoms. The molecule has 0 amide bonds. The lowest BCUT2D eigenvalue weighted by atomic mass is 10.2. The summed E-state index contributed by atoms with van der Waals surface area (Å²) in [6, 6.07) is 7.90. The molecule has 17 heavy (non-hydrogen) atoms. The van der Waals surface area contributed by atoms with Crippen LogP contribution in [0.25, 0.3) is 0 Å². The van der Waals surface area contributed by atoms with Gasteiger partial charge in [-0.25, -0.2) is 0 Å². The first kappa shape index (κ1) is 12.2. The summed E-state index contributed by atoms with van der Waals surface area (Å²) < 4.78 is 0. The Bertz CT molecular complexity index is 456. The van der Waals surface area contributed by atoms with Gasteiger partial charge >= 0.3 is 0 Å². The molecule has 2 N–H and O–H groups in total. The molecule has 1 atom stereocenters. The Labute approximate surface area is 105 Å². The zero-order chi connectivity index (χ0) is 12.1. The third-order valence-corrected chi connectivity index (χ3v) is 3.22. The molecule has 0 saturated carbocycles. The quantitative estimate of drug-likeness (QED) is 0.853. The first-order chi connectivity index (χ1) is 8.25. The van der Waals surface area contributed by atoms with E-state index in [1.165, 1.54) is 0 Å². The summed E-state index contributed by atoms with van der Waals surface area (Å²) >= 11 is 1.60. The first-order valence-corrected chi connectivity index (χ1v) is 6.53. The summed E-state index contributed by atoms with van der Waals surface area (Å²) in [5.41, 5.74) is 2.99. The Morgan fingerprint density at radius 3 is 3.00 bits per heavy atom. The summed E-state index contributed by atoms with van der Waals surface area (Å²) in [5, 5.41) is 17.0. The molecule has 3 nitrogen and oxygen atoms in total. The van der Waals surface area contributed by atoms with Gasteiger partial charge in [-0.15, -0.1) is 0 Å². The SMILES string of the molecule is Cc1cccc(CNCC(O)c2ccsc2)n1. The van der Waals surface area contributed by atoms with E-state index in [-0.39, 0.29) is 0 Å². The second-order valence-electron chi connectivity index (χ2n) is 3.97. The Hall–Kier alpha value is -1.23. The molecule has 0 aromatic carbocycles. The fraction of sp³-hybridized carbons (Fsp3) is 0.308. The fourth-order valence-corrected chi connectivity index (χ4v) is 2.32. The van der Waals surface area contributed by atoms with Gasteiger partial charge in [-0.3, -0.25) is 4.98 Å². The number of aryl methyl sites for hydroxylation is 1. The number of aliphatic hydroxyl groups is 1. The van der Waals surface area contributed by atoms with Crippen LogP contribution < -0.4 is 5.32 Å². The molecular weight excluding hydrogens is 232 g/mol. The van der Waals surface area contributed by atoms with Crippen molar-refractivity contribution in [2.45, 2.75) is 19.6 Å². The topological polar surface area (TPSA) is 45.1 Å². The summed E-state index contributed by atoms with van der Waals surface area (Å²) in [6.45, 7) is 3.21. The second-order valence-corrected chi connectivity index (χ2v) is 4.75. The molecule has 0 aliphatic carbocycles. The Morgan fingerprint density at radius 2 is 2.29 bits per heavy atom. The van der Waals surface area contributed by atoms with Gasteiger partial charge in [0.2, 0.25) is 0 Å². The smallest absolute Gasteiger partial charge is 0.0922 e. The lowest BCUT2D eigenvalue weighted by Crippen LogP contribution is -2.21. The minimum Gasteiger partial charge on any atom is -0.387 e. The zero-order valence-corrected chi connectivity index (χ0v) is 10.6. The highest BCUT2D eigenvalue weighted by Crippen LogP contribution is 2.15. The molecule has 2 heterocycles.